The smallest absolute Gasteiger partial charge is 0.245 e. The molecule has 0 bridgehead atoms. The van der Waals surface area contributed by atoms with Gasteiger partial charge in [-0.3, -0.25) is 19.2 Å². The summed E-state index contributed by atoms with van der Waals surface area (Å²) in [6, 6.07) is 6.67. The number of likely N-dealkylation sites (tertiary alicyclic amines) is 1. The quantitative estimate of drug-likeness (QED) is 0.160. The fraction of sp³-hybridized carbons (Fsp3) is 0.744. The zero-order valence-electron chi connectivity index (χ0n) is 33.1. The van der Waals surface area contributed by atoms with Crippen LogP contribution in [0.1, 0.15) is 92.7 Å². The van der Waals surface area contributed by atoms with Gasteiger partial charge in [0.25, 0.3) is 0 Å². The molecule has 51 heavy (non-hydrogen) atoms. The number of methoxy groups -OCH3 is 2. The van der Waals surface area contributed by atoms with Crippen molar-refractivity contribution < 1.29 is 33.8 Å². The van der Waals surface area contributed by atoms with Gasteiger partial charge in [0.05, 0.1) is 54.8 Å². The molecule has 0 spiro atoms. The second kappa shape index (κ2) is 20.8. The highest BCUT2D eigenvalue weighted by atomic mass is 16.5. The van der Waals surface area contributed by atoms with E-state index >= 15 is 0 Å². The summed E-state index contributed by atoms with van der Waals surface area (Å²) >= 11 is 0. The Bertz CT molecular complexity index is 1250. The van der Waals surface area contributed by atoms with Crippen LogP contribution in [0.15, 0.2) is 30.3 Å². The molecule has 0 saturated carbocycles. The minimum absolute atomic E-state index is 0.0148. The first-order valence-electron chi connectivity index (χ1n) is 18.7. The summed E-state index contributed by atoms with van der Waals surface area (Å²) in [6.45, 7) is 15.9. The van der Waals surface area contributed by atoms with Crippen molar-refractivity contribution in [2.45, 2.75) is 130 Å². The summed E-state index contributed by atoms with van der Waals surface area (Å²) < 4.78 is 11.9. The molecule has 1 fully saturated rings. The van der Waals surface area contributed by atoms with Crippen LogP contribution in [0.2, 0.25) is 0 Å². The number of carbonyl (C=O) groups is 4. The van der Waals surface area contributed by atoms with Gasteiger partial charge in [0.1, 0.15) is 6.04 Å². The SMILES string of the molecule is CC[C@H](C)[C@@H]([C@@H](CC(=O)N1CCC[C@H]1[C@H](OC)[C@@H](C)C(=O)N[C@H](C)[C@@H](O)c1ccccc1)OC)N(C)C(=O)[C@@H](NC(=O)[C@@H](NC)C(C)C)C(C)C. The van der Waals surface area contributed by atoms with E-state index in [0.717, 1.165) is 12.8 Å². The van der Waals surface area contributed by atoms with Crippen LogP contribution in [-0.4, -0.2) is 116 Å². The number of hydrogen-bond donors (Lipinski definition) is 4. The van der Waals surface area contributed by atoms with Crippen molar-refractivity contribution in [3.05, 3.63) is 35.9 Å². The highest BCUT2D eigenvalue weighted by Gasteiger charge is 2.43. The van der Waals surface area contributed by atoms with Gasteiger partial charge in [-0.05, 0) is 50.1 Å². The Balaban J connectivity index is 2.24. The Morgan fingerprint density at radius 1 is 0.922 bits per heavy atom. The molecule has 1 heterocycles. The number of carbonyl (C=O) groups excluding carboxylic acids is 4. The molecule has 2 rings (SSSR count). The molecule has 0 unspecified atom stereocenters. The van der Waals surface area contributed by atoms with Crippen LogP contribution in [-0.2, 0) is 28.7 Å². The summed E-state index contributed by atoms with van der Waals surface area (Å²) in [5.41, 5.74) is 0.711. The van der Waals surface area contributed by atoms with Gasteiger partial charge in [0.15, 0.2) is 0 Å². The van der Waals surface area contributed by atoms with Crippen LogP contribution in [0.3, 0.4) is 0 Å². The van der Waals surface area contributed by atoms with Crippen LogP contribution in [0.5, 0.6) is 0 Å². The van der Waals surface area contributed by atoms with Crippen molar-refractivity contribution in [3.8, 4) is 0 Å². The zero-order chi connectivity index (χ0) is 38.6. The number of nitrogens with one attached hydrogen (secondary N) is 3. The summed E-state index contributed by atoms with van der Waals surface area (Å²) in [6.07, 6.45) is 0.147. The molecule has 1 aliphatic heterocycles. The van der Waals surface area contributed by atoms with Crippen LogP contribution >= 0.6 is 0 Å². The third-order valence-electron chi connectivity index (χ3n) is 10.7. The molecule has 290 valence electrons. The van der Waals surface area contributed by atoms with E-state index in [-0.39, 0.29) is 53.8 Å². The van der Waals surface area contributed by atoms with E-state index in [9.17, 15) is 24.3 Å². The molecule has 1 aliphatic rings. The van der Waals surface area contributed by atoms with Crippen molar-refractivity contribution >= 4 is 23.6 Å². The molecule has 0 aliphatic carbocycles. The van der Waals surface area contributed by atoms with Gasteiger partial charge in [-0.2, -0.15) is 0 Å². The van der Waals surface area contributed by atoms with E-state index in [2.05, 4.69) is 16.0 Å². The Labute approximate surface area is 306 Å². The van der Waals surface area contributed by atoms with Crippen molar-refractivity contribution in [1.29, 1.82) is 0 Å². The van der Waals surface area contributed by atoms with Crippen LogP contribution in [0.4, 0.5) is 0 Å². The largest absolute Gasteiger partial charge is 0.386 e. The highest BCUT2D eigenvalue weighted by molar-refractivity contribution is 5.90. The van der Waals surface area contributed by atoms with E-state index in [1.165, 1.54) is 0 Å². The summed E-state index contributed by atoms with van der Waals surface area (Å²) in [5.74, 6) is -1.62. The molecular weight excluding hydrogens is 650 g/mol. The van der Waals surface area contributed by atoms with Crippen LogP contribution in [0.25, 0.3) is 0 Å². The van der Waals surface area contributed by atoms with E-state index in [4.69, 9.17) is 9.47 Å². The molecule has 12 heteroatoms. The fourth-order valence-corrected chi connectivity index (χ4v) is 7.42. The maximum atomic E-state index is 14.1. The van der Waals surface area contributed by atoms with Gasteiger partial charge >= 0.3 is 0 Å². The van der Waals surface area contributed by atoms with Crippen LogP contribution in [0, 0.1) is 23.7 Å². The van der Waals surface area contributed by atoms with Gasteiger partial charge in [-0.15, -0.1) is 0 Å². The monoisotopic (exact) mass is 718 g/mol. The number of benzene rings is 1. The van der Waals surface area contributed by atoms with E-state index in [1.807, 2.05) is 71.9 Å². The van der Waals surface area contributed by atoms with Gasteiger partial charge in [-0.25, -0.2) is 0 Å². The molecule has 12 nitrogen and oxygen atoms in total. The highest BCUT2D eigenvalue weighted by Crippen LogP contribution is 2.30. The van der Waals surface area contributed by atoms with Gasteiger partial charge < -0.3 is 40.3 Å². The summed E-state index contributed by atoms with van der Waals surface area (Å²) in [7, 11) is 6.57. The lowest BCUT2D eigenvalue weighted by Gasteiger charge is -2.41. The molecule has 1 aromatic carbocycles. The molecule has 0 radical (unpaired) electrons. The van der Waals surface area contributed by atoms with E-state index < -0.39 is 48.4 Å². The lowest BCUT2D eigenvalue weighted by atomic mass is 9.89. The average molecular weight is 718 g/mol. The molecule has 10 atom stereocenters. The Hall–Kier alpha value is -3.06. The first-order valence-corrected chi connectivity index (χ1v) is 18.7. The number of hydrogen-bond acceptors (Lipinski definition) is 8. The lowest BCUT2D eigenvalue weighted by Crippen LogP contribution is -2.59. The lowest BCUT2D eigenvalue weighted by molar-refractivity contribution is -0.148. The molecule has 1 aromatic rings. The molecule has 1 saturated heterocycles. The standard InChI is InChI=1S/C39H67N5O7/c1-13-25(6)34(43(10)39(49)33(24(4)5)42-38(48)32(40-9)23(2)3)30(50-11)22-31(45)44-21-17-20-29(44)36(51-12)26(7)37(47)41-27(8)35(46)28-18-15-14-16-19-28/h14-16,18-19,23-27,29-30,32-36,40,46H,13,17,20-22H2,1-12H3,(H,41,47)(H,42,48)/t25-,26+,27+,29-,30+,32-,33-,34-,35+,36+/m0/s1. The van der Waals surface area contributed by atoms with Crippen molar-refractivity contribution in [2.24, 2.45) is 23.7 Å². The normalized spacial score (nSPS) is 20.1. The third kappa shape index (κ3) is 11.5. The van der Waals surface area contributed by atoms with Crippen LogP contribution < -0.4 is 16.0 Å². The number of rotatable bonds is 20. The molecule has 4 N–H and O–H groups in total. The number of ether oxygens (including phenoxy) is 2. The maximum absolute atomic E-state index is 14.1. The number of aliphatic hydroxyl groups is 1. The van der Waals surface area contributed by atoms with Gasteiger partial charge in [0, 0.05) is 27.8 Å². The van der Waals surface area contributed by atoms with E-state index in [1.54, 1.807) is 52.0 Å². The predicted molar refractivity (Wildman–Crippen MR) is 200 cm³/mol. The predicted octanol–water partition coefficient (Wildman–Crippen LogP) is 3.53. The summed E-state index contributed by atoms with van der Waals surface area (Å²) in [5, 5.41) is 19.8. The second-order valence-electron chi connectivity index (χ2n) is 15.0. The molecular formula is C39H67N5O7. The third-order valence-corrected chi connectivity index (χ3v) is 10.7. The fourth-order valence-electron chi connectivity index (χ4n) is 7.42. The number of amides is 4. The number of nitrogens with zero attached hydrogens (tertiary/aromatic N) is 2. The zero-order valence-corrected chi connectivity index (χ0v) is 33.1. The van der Waals surface area contributed by atoms with Crippen molar-refractivity contribution in [3.63, 3.8) is 0 Å². The van der Waals surface area contributed by atoms with Crippen molar-refractivity contribution in [2.75, 3.05) is 34.9 Å². The first-order chi connectivity index (χ1) is 24.0. The molecule has 4 amide bonds. The minimum atomic E-state index is -0.875. The average Bonchev–Trinajstić information content (AvgIpc) is 3.59. The van der Waals surface area contributed by atoms with Gasteiger partial charge in [-0.1, -0.05) is 85.2 Å². The summed E-state index contributed by atoms with van der Waals surface area (Å²) in [4.78, 5) is 58.3. The van der Waals surface area contributed by atoms with Gasteiger partial charge in [0.2, 0.25) is 23.6 Å². The maximum Gasteiger partial charge on any atom is 0.245 e. The topological polar surface area (TPSA) is 150 Å². The van der Waals surface area contributed by atoms with E-state index in [0.29, 0.717) is 18.5 Å². The Morgan fingerprint density at radius 3 is 2.04 bits per heavy atom. The minimum Gasteiger partial charge on any atom is -0.386 e. The first kappa shape index (κ1) is 44.1. The van der Waals surface area contributed by atoms with Crippen molar-refractivity contribution in [1.82, 2.24) is 25.8 Å². The Kier molecular flexibility index (Phi) is 18.0. The number of likely N-dealkylation sites (N-methyl/N-ethyl adjacent to an activating group) is 2. The number of aliphatic hydroxyl groups excluding tert-OH is 1. The second-order valence-corrected chi connectivity index (χ2v) is 15.0. The Morgan fingerprint density at radius 2 is 1.53 bits per heavy atom. The molecule has 0 aromatic heterocycles.